The summed E-state index contributed by atoms with van der Waals surface area (Å²) in [6.07, 6.45) is 1.60. The van der Waals surface area contributed by atoms with Gasteiger partial charge in [-0.2, -0.15) is 5.10 Å². The van der Waals surface area contributed by atoms with Crippen molar-refractivity contribution in [2.75, 3.05) is 13.1 Å². The van der Waals surface area contributed by atoms with Gasteiger partial charge in [-0.25, -0.2) is 4.39 Å². The second-order valence-electron chi connectivity index (χ2n) is 4.97. The number of alkyl halides is 1. The molecule has 1 aliphatic heterocycles. The van der Waals surface area contributed by atoms with Crippen molar-refractivity contribution in [3.63, 3.8) is 0 Å². The highest BCUT2D eigenvalue weighted by Gasteiger charge is 2.26. The summed E-state index contributed by atoms with van der Waals surface area (Å²) in [5, 5.41) is 7.70. The summed E-state index contributed by atoms with van der Waals surface area (Å²) in [5.74, 6) is 0.193. The molecule has 1 atom stereocenters. The molecule has 0 radical (unpaired) electrons. The molecule has 102 valence electrons. The maximum absolute atomic E-state index is 14.4. The number of aryl methyl sites for hydroxylation is 2. The molecule has 1 fully saturated rings. The molecule has 1 unspecified atom stereocenters. The van der Waals surface area contributed by atoms with E-state index in [-0.39, 0.29) is 5.92 Å². The minimum Gasteiger partial charge on any atom is -0.317 e. The van der Waals surface area contributed by atoms with Crippen LogP contribution in [-0.4, -0.2) is 29.0 Å². The Hall–Kier alpha value is -0.420. The number of aromatic nitrogens is 2. The predicted octanol–water partition coefficient (Wildman–Crippen LogP) is 2.85. The molecular weight excluding hydrogens is 297 g/mol. The van der Waals surface area contributed by atoms with Gasteiger partial charge in [-0.1, -0.05) is 0 Å². The van der Waals surface area contributed by atoms with Gasteiger partial charge in [0.15, 0.2) is 0 Å². The molecule has 1 N–H and O–H groups in total. The molecule has 0 aromatic carbocycles. The minimum absolute atomic E-state index is 0.193. The lowest BCUT2D eigenvalue weighted by molar-refractivity contribution is 0.184. The molecular formula is C13H21BrFN3. The molecule has 1 saturated heterocycles. The van der Waals surface area contributed by atoms with Crippen LogP contribution in [0.1, 0.15) is 31.2 Å². The van der Waals surface area contributed by atoms with Crippen LogP contribution in [0.3, 0.4) is 0 Å². The molecule has 2 rings (SSSR count). The zero-order valence-electron chi connectivity index (χ0n) is 11.0. The summed E-state index contributed by atoms with van der Waals surface area (Å²) in [4.78, 5) is 0. The molecule has 0 bridgehead atoms. The van der Waals surface area contributed by atoms with Crippen LogP contribution >= 0.6 is 15.9 Å². The predicted molar refractivity (Wildman–Crippen MR) is 74.5 cm³/mol. The summed E-state index contributed by atoms with van der Waals surface area (Å²) in [6, 6.07) is 0. The number of nitrogens with one attached hydrogen (secondary N) is 1. The Kier molecular flexibility index (Phi) is 4.78. The van der Waals surface area contributed by atoms with Gasteiger partial charge in [0, 0.05) is 13.0 Å². The third-order valence-electron chi connectivity index (χ3n) is 3.74. The highest BCUT2D eigenvalue weighted by atomic mass is 79.9. The van der Waals surface area contributed by atoms with E-state index in [1.807, 2.05) is 18.5 Å². The molecule has 0 amide bonds. The second-order valence-corrected chi connectivity index (χ2v) is 5.76. The monoisotopic (exact) mass is 317 g/mol. The summed E-state index contributed by atoms with van der Waals surface area (Å²) in [7, 11) is 0. The van der Waals surface area contributed by atoms with Gasteiger partial charge >= 0.3 is 0 Å². The van der Waals surface area contributed by atoms with Gasteiger partial charge < -0.3 is 5.32 Å². The van der Waals surface area contributed by atoms with E-state index in [1.165, 1.54) is 0 Å². The SMILES string of the molecule is CCn1nc(C)c(Br)c1CC(F)C1CCNCC1. The van der Waals surface area contributed by atoms with Crippen molar-refractivity contribution in [1.82, 2.24) is 15.1 Å². The van der Waals surface area contributed by atoms with E-state index in [0.717, 1.165) is 48.3 Å². The van der Waals surface area contributed by atoms with Crippen molar-refractivity contribution < 1.29 is 4.39 Å². The number of halogens is 2. The van der Waals surface area contributed by atoms with Crippen LogP contribution in [0, 0.1) is 12.8 Å². The van der Waals surface area contributed by atoms with Crippen LogP contribution in [0.4, 0.5) is 4.39 Å². The molecule has 3 nitrogen and oxygen atoms in total. The summed E-state index contributed by atoms with van der Waals surface area (Å²) in [6.45, 7) is 6.68. The van der Waals surface area contributed by atoms with Crippen molar-refractivity contribution in [3.8, 4) is 0 Å². The lowest BCUT2D eigenvalue weighted by atomic mass is 9.90. The fourth-order valence-corrected chi connectivity index (χ4v) is 3.07. The van der Waals surface area contributed by atoms with Gasteiger partial charge in [-0.15, -0.1) is 0 Å². The molecule has 5 heteroatoms. The maximum Gasteiger partial charge on any atom is 0.109 e. The third-order valence-corrected chi connectivity index (χ3v) is 4.77. The van der Waals surface area contributed by atoms with Gasteiger partial charge in [-0.3, -0.25) is 4.68 Å². The Balaban J connectivity index is 2.08. The summed E-state index contributed by atoms with van der Waals surface area (Å²) < 4.78 is 17.3. The Morgan fingerprint density at radius 2 is 2.17 bits per heavy atom. The standard InChI is InChI=1S/C13H21BrFN3/c1-3-18-12(13(14)9(2)17-18)8-11(15)10-4-6-16-7-5-10/h10-11,16H,3-8H2,1-2H3. The fraction of sp³-hybridized carbons (Fsp3) is 0.769. The van der Waals surface area contributed by atoms with Crippen molar-refractivity contribution in [2.24, 2.45) is 5.92 Å². The van der Waals surface area contributed by atoms with Gasteiger partial charge in [0.25, 0.3) is 0 Å². The third kappa shape index (κ3) is 2.94. The average Bonchev–Trinajstić information content (AvgIpc) is 2.67. The van der Waals surface area contributed by atoms with Crippen LogP contribution < -0.4 is 5.32 Å². The Morgan fingerprint density at radius 3 is 2.78 bits per heavy atom. The number of rotatable bonds is 4. The number of hydrogen-bond donors (Lipinski definition) is 1. The Labute approximate surface area is 116 Å². The molecule has 1 aromatic rings. The largest absolute Gasteiger partial charge is 0.317 e. The smallest absolute Gasteiger partial charge is 0.109 e. The fourth-order valence-electron chi connectivity index (χ4n) is 2.62. The van der Waals surface area contributed by atoms with Crippen molar-refractivity contribution in [3.05, 3.63) is 15.9 Å². The van der Waals surface area contributed by atoms with Crippen molar-refractivity contribution >= 4 is 15.9 Å². The lowest BCUT2D eigenvalue weighted by Gasteiger charge is -2.25. The normalized spacial score (nSPS) is 19.1. The van der Waals surface area contributed by atoms with E-state index in [9.17, 15) is 4.39 Å². The first-order chi connectivity index (χ1) is 8.63. The van der Waals surface area contributed by atoms with Gasteiger partial charge in [0.2, 0.25) is 0 Å². The molecule has 18 heavy (non-hydrogen) atoms. The van der Waals surface area contributed by atoms with Crippen molar-refractivity contribution in [2.45, 2.75) is 45.8 Å². The number of piperidine rings is 1. The summed E-state index contributed by atoms with van der Waals surface area (Å²) in [5.41, 5.74) is 1.95. The van der Waals surface area contributed by atoms with Crippen LogP contribution in [0.5, 0.6) is 0 Å². The number of nitrogens with zero attached hydrogens (tertiary/aromatic N) is 2. The molecule has 2 heterocycles. The molecule has 0 spiro atoms. The highest BCUT2D eigenvalue weighted by molar-refractivity contribution is 9.10. The highest BCUT2D eigenvalue weighted by Crippen LogP contribution is 2.27. The molecule has 1 aromatic heterocycles. The first-order valence-electron chi connectivity index (χ1n) is 6.70. The van der Waals surface area contributed by atoms with Gasteiger partial charge in [0.05, 0.1) is 15.9 Å². The number of hydrogen-bond acceptors (Lipinski definition) is 2. The topological polar surface area (TPSA) is 29.9 Å². The summed E-state index contributed by atoms with van der Waals surface area (Å²) >= 11 is 3.53. The first kappa shape index (κ1) is 14.0. The van der Waals surface area contributed by atoms with Crippen LogP contribution in [-0.2, 0) is 13.0 Å². The van der Waals surface area contributed by atoms with E-state index in [2.05, 4.69) is 26.3 Å². The average molecular weight is 318 g/mol. The van der Waals surface area contributed by atoms with E-state index in [1.54, 1.807) is 0 Å². The first-order valence-corrected chi connectivity index (χ1v) is 7.49. The zero-order valence-corrected chi connectivity index (χ0v) is 12.6. The van der Waals surface area contributed by atoms with Gasteiger partial charge in [0.1, 0.15) is 6.17 Å². The van der Waals surface area contributed by atoms with Crippen molar-refractivity contribution in [1.29, 1.82) is 0 Å². The minimum atomic E-state index is -0.759. The van der Waals surface area contributed by atoms with Gasteiger partial charge in [-0.05, 0) is 61.6 Å². The van der Waals surface area contributed by atoms with Crippen LogP contribution in [0.25, 0.3) is 0 Å². The Morgan fingerprint density at radius 1 is 1.50 bits per heavy atom. The molecule has 0 aliphatic carbocycles. The van der Waals surface area contributed by atoms with Crippen LogP contribution in [0.15, 0.2) is 4.47 Å². The van der Waals surface area contributed by atoms with E-state index in [4.69, 9.17) is 0 Å². The lowest BCUT2D eigenvalue weighted by Crippen LogP contribution is -2.33. The maximum atomic E-state index is 14.4. The van der Waals surface area contributed by atoms with E-state index < -0.39 is 6.17 Å². The van der Waals surface area contributed by atoms with E-state index in [0.29, 0.717) is 6.42 Å². The zero-order chi connectivity index (χ0) is 13.1. The quantitative estimate of drug-likeness (QED) is 0.925. The van der Waals surface area contributed by atoms with Crippen LogP contribution in [0.2, 0.25) is 0 Å². The van der Waals surface area contributed by atoms with E-state index >= 15 is 0 Å². The second kappa shape index (κ2) is 6.15. The molecule has 1 aliphatic rings. The molecule has 0 saturated carbocycles. The Bertz CT molecular complexity index is 399.